The molecule has 2 fully saturated rings. The zero-order valence-corrected chi connectivity index (χ0v) is 19.8. The predicted octanol–water partition coefficient (Wildman–Crippen LogP) is 4.68. The first kappa shape index (κ1) is 22.9. The largest absolute Gasteiger partial charge is 0.468 e. The number of fused-ring (bicyclic) bond motifs is 3. The number of hydrogen-bond acceptors (Lipinski definition) is 5. The Labute approximate surface area is 190 Å². The molecule has 0 spiro atoms. The van der Waals surface area contributed by atoms with Gasteiger partial charge >= 0.3 is 5.97 Å². The third kappa shape index (κ3) is 3.20. The van der Waals surface area contributed by atoms with Crippen molar-refractivity contribution in [2.24, 2.45) is 28.1 Å². The highest BCUT2D eigenvalue weighted by Gasteiger charge is 2.68. The van der Waals surface area contributed by atoms with E-state index in [9.17, 15) is 14.4 Å². The fraction of sp³-hybridized carbons (Fsp3) is 0.593. The number of benzene rings is 1. The van der Waals surface area contributed by atoms with Gasteiger partial charge in [0.25, 0.3) is 0 Å². The Bertz CT molecular complexity index is 962. The van der Waals surface area contributed by atoms with Gasteiger partial charge in [0, 0.05) is 12.8 Å². The molecule has 5 nitrogen and oxygen atoms in total. The van der Waals surface area contributed by atoms with E-state index in [1.807, 2.05) is 25.1 Å². The maximum Gasteiger partial charge on any atom is 0.323 e. The Morgan fingerprint density at radius 3 is 2.44 bits per heavy atom. The molecule has 3 aliphatic carbocycles. The Hall–Kier alpha value is -2.27. The minimum absolute atomic E-state index is 0.0121. The Balaban J connectivity index is 1.71. The highest BCUT2D eigenvalue weighted by molar-refractivity contribution is 6.12. The highest BCUT2D eigenvalue weighted by Crippen LogP contribution is 2.66. The smallest absolute Gasteiger partial charge is 0.323 e. The number of carbonyl (C=O) groups is 3. The number of Topliss-reactive ketones (excluding diaryl/α,β-unsaturated/α-hetero) is 1. The number of hydrogen-bond donors (Lipinski definition) is 0. The molecule has 1 aromatic rings. The fourth-order valence-corrected chi connectivity index (χ4v) is 6.93. The molecule has 5 heteroatoms. The number of rotatable bonds is 4. The third-order valence-corrected chi connectivity index (χ3v) is 8.65. The lowest BCUT2D eigenvalue weighted by Gasteiger charge is -2.61. The van der Waals surface area contributed by atoms with Crippen LogP contribution < -0.4 is 0 Å². The molecule has 0 aromatic heterocycles. The molecule has 0 aliphatic heterocycles. The Morgan fingerprint density at radius 1 is 1.09 bits per heavy atom. The molecule has 4 rings (SSSR count). The van der Waals surface area contributed by atoms with E-state index in [4.69, 9.17) is 9.47 Å². The van der Waals surface area contributed by atoms with Crippen LogP contribution in [0.15, 0.2) is 42.0 Å². The van der Waals surface area contributed by atoms with Crippen LogP contribution in [0.4, 0.5) is 0 Å². The van der Waals surface area contributed by atoms with Crippen LogP contribution in [0.5, 0.6) is 0 Å². The van der Waals surface area contributed by atoms with E-state index in [1.165, 1.54) is 7.11 Å². The van der Waals surface area contributed by atoms with Crippen LogP contribution in [0.2, 0.25) is 0 Å². The Kier molecular flexibility index (Phi) is 5.69. The van der Waals surface area contributed by atoms with E-state index in [1.54, 1.807) is 6.08 Å². The zero-order valence-electron chi connectivity index (χ0n) is 19.8. The van der Waals surface area contributed by atoms with Gasteiger partial charge in [-0.05, 0) is 52.7 Å². The van der Waals surface area contributed by atoms with E-state index in [2.05, 4.69) is 32.9 Å². The normalized spacial score (nSPS) is 36.0. The molecule has 0 heterocycles. The predicted molar refractivity (Wildman–Crippen MR) is 121 cm³/mol. The summed E-state index contributed by atoms with van der Waals surface area (Å²) in [5.74, 6) is -1.08. The summed E-state index contributed by atoms with van der Waals surface area (Å²) >= 11 is 0. The number of ether oxygens (including phenoxy) is 2. The summed E-state index contributed by atoms with van der Waals surface area (Å²) in [6.45, 7) is 8.82. The summed E-state index contributed by atoms with van der Waals surface area (Å²) < 4.78 is 11.6. The summed E-state index contributed by atoms with van der Waals surface area (Å²) in [4.78, 5) is 39.5. The van der Waals surface area contributed by atoms with Crippen molar-refractivity contribution < 1.29 is 23.9 Å². The topological polar surface area (TPSA) is 69.7 Å². The van der Waals surface area contributed by atoms with Gasteiger partial charge in [-0.1, -0.05) is 58.0 Å². The second kappa shape index (κ2) is 7.95. The van der Waals surface area contributed by atoms with Crippen LogP contribution in [0.3, 0.4) is 0 Å². The summed E-state index contributed by atoms with van der Waals surface area (Å²) in [5, 5.41) is 0. The number of esters is 1. The minimum atomic E-state index is -1.35. The molecular formula is C27H34O5. The molecule has 1 aromatic carbocycles. The number of allylic oxidation sites excluding steroid dienone is 1. The van der Waals surface area contributed by atoms with Crippen LogP contribution in [-0.4, -0.2) is 30.7 Å². The lowest BCUT2D eigenvalue weighted by Crippen LogP contribution is -2.63. The average Bonchev–Trinajstić information content (AvgIpc) is 2.75. The van der Waals surface area contributed by atoms with Gasteiger partial charge in [-0.25, -0.2) is 0 Å². The van der Waals surface area contributed by atoms with Crippen LogP contribution in [-0.2, 0) is 30.5 Å². The van der Waals surface area contributed by atoms with Gasteiger partial charge in [0.15, 0.2) is 17.0 Å². The van der Waals surface area contributed by atoms with Crippen molar-refractivity contribution >= 4 is 17.5 Å². The third-order valence-electron chi connectivity index (χ3n) is 8.65. The molecular weight excluding hydrogens is 404 g/mol. The Morgan fingerprint density at radius 2 is 1.78 bits per heavy atom. The fourth-order valence-electron chi connectivity index (χ4n) is 6.93. The molecule has 2 saturated carbocycles. The molecule has 172 valence electrons. The van der Waals surface area contributed by atoms with E-state index in [0.717, 1.165) is 18.4 Å². The molecule has 32 heavy (non-hydrogen) atoms. The van der Waals surface area contributed by atoms with Gasteiger partial charge in [-0.15, -0.1) is 0 Å². The van der Waals surface area contributed by atoms with E-state index >= 15 is 0 Å². The summed E-state index contributed by atoms with van der Waals surface area (Å²) in [7, 11) is 1.33. The average molecular weight is 439 g/mol. The van der Waals surface area contributed by atoms with Crippen LogP contribution in [0.25, 0.3) is 0 Å². The van der Waals surface area contributed by atoms with Gasteiger partial charge in [0.1, 0.15) is 0 Å². The maximum atomic E-state index is 13.7. The van der Waals surface area contributed by atoms with Crippen molar-refractivity contribution in [3.05, 3.63) is 47.5 Å². The van der Waals surface area contributed by atoms with Crippen LogP contribution in [0.1, 0.15) is 58.9 Å². The molecule has 0 unspecified atom stereocenters. The second-order valence-electron chi connectivity index (χ2n) is 10.7. The first-order valence-corrected chi connectivity index (χ1v) is 11.6. The van der Waals surface area contributed by atoms with Crippen molar-refractivity contribution in [2.45, 2.75) is 66.1 Å². The van der Waals surface area contributed by atoms with Gasteiger partial charge in [0.2, 0.25) is 0 Å². The molecule has 0 bridgehead atoms. The monoisotopic (exact) mass is 438 g/mol. The standard InChI is InChI=1S/C27H34O5/c1-17-13-19(28)14-21-26(4)12-11-23(32-16-18-9-7-6-8-10-18)25(2,3)20(26)15-22(29)27(17,21)24(30)31-5/h6-10,14,17,20,23H,11-13,15-16H2,1-5H3/t17-,20-,23-,26-,27+/m0/s1. The highest BCUT2D eigenvalue weighted by atomic mass is 16.5. The van der Waals surface area contributed by atoms with E-state index in [-0.39, 0.29) is 35.4 Å². The number of carbonyl (C=O) groups excluding carboxylic acids is 3. The van der Waals surface area contributed by atoms with E-state index < -0.39 is 22.7 Å². The number of methoxy groups -OCH3 is 1. The van der Waals surface area contributed by atoms with Crippen molar-refractivity contribution in [2.75, 3.05) is 7.11 Å². The lowest BCUT2D eigenvalue weighted by atomic mass is 9.41. The first-order valence-electron chi connectivity index (χ1n) is 11.6. The minimum Gasteiger partial charge on any atom is -0.468 e. The zero-order chi connectivity index (χ0) is 23.3. The van der Waals surface area contributed by atoms with E-state index in [0.29, 0.717) is 18.6 Å². The van der Waals surface area contributed by atoms with Gasteiger partial charge in [-0.2, -0.15) is 0 Å². The summed E-state index contributed by atoms with van der Waals surface area (Å²) in [6, 6.07) is 10.1. The molecule has 5 atom stereocenters. The van der Waals surface area contributed by atoms with Crippen molar-refractivity contribution in [1.82, 2.24) is 0 Å². The van der Waals surface area contributed by atoms with Gasteiger partial charge in [-0.3, -0.25) is 14.4 Å². The van der Waals surface area contributed by atoms with Gasteiger partial charge < -0.3 is 9.47 Å². The summed E-state index contributed by atoms with van der Waals surface area (Å²) in [5.41, 5.74) is -0.291. The second-order valence-corrected chi connectivity index (χ2v) is 10.7. The SMILES string of the molecule is COC(=O)[C@@]12C(=O)C[C@H]3C(C)(C)[C@@H](OCc4ccccc4)CC[C@]3(C)C1=CC(=O)C[C@@H]2C. The molecule has 0 amide bonds. The van der Waals surface area contributed by atoms with Gasteiger partial charge in [0.05, 0.1) is 19.8 Å². The maximum absolute atomic E-state index is 13.7. The van der Waals surface area contributed by atoms with Crippen molar-refractivity contribution in [3.8, 4) is 0 Å². The van der Waals surface area contributed by atoms with Crippen molar-refractivity contribution in [3.63, 3.8) is 0 Å². The molecule has 0 N–H and O–H groups in total. The van der Waals surface area contributed by atoms with Crippen molar-refractivity contribution in [1.29, 1.82) is 0 Å². The molecule has 3 aliphatic rings. The molecule has 0 saturated heterocycles. The summed E-state index contributed by atoms with van der Waals surface area (Å²) in [6.07, 6.45) is 3.63. The first-order chi connectivity index (χ1) is 15.1. The quantitative estimate of drug-likeness (QED) is 0.504. The van der Waals surface area contributed by atoms with Crippen LogP contribution >= 0.6 is 0 Å². The van der Waals surface area contributed by atoms with Crippen LogP contribution in [0, 0.1) is 28.1 Å². The number of ketones is 2. The lowest BCUT2D eigenvalue weighted by molar-refractivity contribution is -0.175. The molecule has 0 radical (unpaired) electrons.